The Labute approximate surface area is 97.4 Å². The number of hydrogen-bond acceptors (Lipinski definition) is 2. The molecule has 3 heteroatoms. The van der Waals surface area contributed by atoms with E-state index in [-0.39, 0.29) is 0 Å². The predicted octanol–water partition coefficient (Wildman–Crippen LogP) is 2.92. The van der Waals surface area contributed by atoms with E-state index in [2.05, 4.69) is 25.8 Å². The first-order valence-corrected chi connectivity index (χ1v) is 5.88. The molecule has 88 valence electrons. The average Bonchev–Trinajstić information content (AvgIpc) is 2.26. The lowest BCUT2D eigenvalue weighted by Crippen LogP contribution is -2.18. The Morgan fingerprint density at radius 2 is 2.19 bits per heavy atom. The molecule has 0 aliphatic rings. The molecule has 0 bridgehead atoms. The summed E-state index contributed by atoms with van der Waals surface area (Å²) in [6.07, 6.45) is 6.09. The van der Waals surface area contributed by atoms with Gasteiger partial charge in [-0.25, -0.2) is 0 Å². The molecule has 0 aliphatic carbocycles. The summed E-state index contributed by atoms with van der Waals surface area (Å²) in [5, 5.41) is 7.78. The minimum atomic E-state index is 0.492. The molecule has 1 aromatic heterocycles. The zero-order valence-electron chi connectivity index (χ0n) is 10.4. The van der Waals surface area contributed by atoms with Gasteiger partial charge in [-0.1, -0.05) is 33.3 Å². The monoisotopic (exact) mass is 219 g/mol. The van der Waals surface area contributed by atoms with Gasteiger partial charge in [-0.3, -0.25) is 10.4 Å². The summed E-state index contributed by atoms with van der Waals surface area (Å²) in [5.41, 5.74) is 1.76. The summed E-state index contributed by atoms with van der Waals surface area (Å²) in [5.74, 6) is 0.492. The van der Waals surface area contributed by atoms with Gasteiger partial charge in [0.15, 0.2) is 0 Å². The van der Waals surface area contributed by atoms with Crippen LogP contribution in [0.15, 0.2) is 23.3 Å². The number of rotatable bonds is 5. The van der Waals surface area contributed by atoms with E-state index in [0.717, 1.165) is 12.8 Å². The second kappa shape index (κ2) is 6.26. The topological polar surface area (TPSA) is 41.1 Å². The van der Waals surface area contributed by atoms with Crippen molar-refractivity contribution < 1.29 is 0 Å². The molecule has 0 unspecified atom stereocenters. The van der Waals surface area contributed by atoms with Crippen molar-refractivity contribution in [3.05, 3.63) is 29.4 Å². The van der Waals surface area contributed by atoms with Crippen LogP contribution in [0.3, 0.4) is 0 Å². The lowest BCUT2D eigenvalue weighted by Gasteiger charge is -2.09. The molecule has 0 saturated carbocycles. The summed E-state index contributed by atoms with van der Waals surface area (Å²) in [4.78, 5) is 4.31. The van der Waals surface area contributed by atoms with Crippen LogP contribution < -0.4 is 5.49 Å². The first kappa shape index (κ1) is 12.7. The molecule has 0 saturated heterocycles. The zero-order valence-corrected chi connectivity index (χ0v) is 10.4. The molecule has 1 rings (SSSR count). The molecule has 1 aromatic rings. The molecule has 0 aliphatic heterocycles. The van der Waals surface area contributed by atoms with Crippen molar-refractivity contribution in [2.45, 2.75) is 46.2 Å². The Morgan fingerprint density at radius 3 is 2.81 bits per heavy atom. The number of nitrogens with one attached hydrogen (secondary N) is 1. The van der Waals surface area contributed by atoms with Crippen LogP contribution in [-0.4, -0.2) is 10.8 Å². The number of aliphatic imine (C=N–C) groups is 1. The van der Waals surface area contributed by atoms with E-state index in [1.165, 1.54) is 5.56 Å². The van der Waals surface area contributed by atoms with Crippen molar-refractivity contribution in [3.63, 3.8) is 0 Å². The largest absolute Gasteiger partial charge is 0.313 e. The van der Waals surface area contributed by atoms with Gasteiger partial charge in [-0.2, -0.15) is 0 Å². The van der Waals surface area contributed by atoms with Gasteiger partial charge in [0.2, 0.25) is 0 Å². The fraction of sp³-hybridized carbons (Fsp3) is 0.538. The molecular formula is C13H21N3. The summed E-state index contributed by atoms with van der Waals surface area (Å²) < 4.78 is 1.88. The van der Waals surface area contributed by atoms with Gasteiger partial charge in [0.25, 0.3) is 0 Å². The van der Waals surface area contributed by atoms with Crippen LogP contribution in [0, 0.1) is 5.41 Å². The molecule has 0 aromatic carbocycles. The summed E-state index contributed by atoms with van der Waals surface area (Å²) in [7, 11) is 0. The fourth-order valence-corrected chi connectivity index (χ4v) is 1.39. The minimum Gasteiger partial charge on any atom is -0.313 e. The van der Waals surface area contributed by atoms with Gasteiger partial charge < -0.3 is 4.57 Å². The molecule has 0 atom stereocenters. The molecular weight excluding hydrogens is 198 g/mol. The van der Waals surface area contributed by atoms with Crippen molar-refractivity contribution >= 4 is 6.21 Å². The van der Waals surface area contributed by atoms with E-state index in [1.54, 1.807) is 0 Å². The second-order valence-electron chi connectivity index (χ2n) is 4.27. The molecule has 16 heavy (non-hydrogen) atoms. The van der Waals surface area contributed by atoms with Gasteiger partial charge in [-0.05, 0) is 24.0 Å². The van der Waals surface area contributed by atoms with E-state index in [9.17, 15) is 0 Å². The molecule has 1 N–H and O–H groups in total. The number of aromatic nitrogens is 1. The molecule has 0 spiro atoms. The maximum absolute atomic E-state index is 7.78. The fourth-order valence-electron chi connectivity index (χ4n) is 1.39. The highest BCUT2D eigenvalue weighted by atomic mass is 15.1. The lowest BCUT2D eigenvalue weighted by molar-refractivity contribution is 0.666. The van der Waals surface area contributed by atoms with Crippen LogP contribution in [0.1, 0.15) is 45.1 Å². The normalized spacial score (nSPS) is 11.5. The van der Waals surface area contributed by atoms with Gasteiger partial charge in [-0.15, -0.1) is 0 Å². The van der Waals surface area contributed by atoms with Crippen LogP contribution in [0.5, 0.6) is 0 Å². The Kier molecular flexibility index (Phi) is 4.96. The van der Waals surface area contributed by atoms with Crippen LogP contribution in [0.25, 0.3) is 0 Å². The predicted molar refractivity (Wildman–Crippen MR) is 67.8 cm³/mol. The van der Waals surface area contributed by atoms with Crippen LogP contribution in [-0.2, 0) is 6.67 Å². The third-order valence-corrected chi connectivity index (χ3v) is 2.50. The van der Waals surface area contributed by atoms with Crippen molar-refractivity contribution in [2.75, 3.05) is 0 Å². The number of pyridine rings is 1. The van der Waals surface area contributed by atoms with Crippen molar-refractivity contribution in [2.24, 2.45) is 4.99 Å². The lowest BCUT2D eigenvalue weighted by atomic mass is 10.1. The third-order valence-electron chi connectivity index (χ3n) is 2.50. The number of unbranched alkanes of at least 4 members (excludes halogenated alkanes) is 1. The van der Waals surface area contributed by atoms with Crippen LogP contribution >= 0.6 is 0 Å². The highest BCUT2D eigenvalue weighted by Crippen LogP contribution is 2.11. The second-order valence-corrected chi connectivity index (χ2v) is 4.27. The Hall–Kier alpha value is -1.38. The third kappa shape index (κ3) is 3.65. The first-order valence-electron chi connectivity index (χ1n) is 5.88. The Bertz CT molecular complexity index is 402. The van der Waals surface area contributed by atoms with E-state index in [4.69, 9.17) is 5.41 Å². The summed E-state index contributed by atoms with van der Waals surface area (Å²) in [6.45, 7) is 7.00. The molecule has 0 amide bonds. The molecule has 1 heterocycles. The quantitative estimate of drug-likeness (QED) is 0.740. The van der Waals surface area contributed by atoms with Crippen molar-refractivity contribution in [3.8, 4) is 0 Å². The van der Waals surface area contributed by atoms with E-state index < -0.39 is 0 Å². The van der Waals surface area contributed by atoms with E-state index >= 15 is 0 Å². The average molecular weight is 219 g/mol. The Balaban J connectivity index is 2.78. The van der Waals surface area contributed by atoms with E-state index in [0.29, 0.717) is 18.1 Å². The maximum Gasteiger partial charge on any atom is 0.126 e. The van der Waals surface area contributed by atoms with Gasteiger partial charge in [0.1, 0.15) is 12.2 Å². The maximum atomic E-state index is 7.78. The first-order chi connectivity index (χ1) is 7.65. The van der Waals surface area contributed by atoms with Crippen LogP contribution in [0.4, 0.5) is 0 Å². The van der Waals surface area contributed by atoms with Crippen LogP contribution in [0.2, 0.25) is 0 Å². The SMILES string of the molecule is CCCC=NCn1cc(C(C)C)ccc1=N. The summed E-state index contributed by atoms with van der Waals surface area (Å²) in [6, 6.07) is 3.85. The number of nitrogens with zero attached hydrogens (tertiary/aromatic N) is 2. The smallest absolute Gasteiger partial charge is 0.126 e. The van der Waals surface area contributed by atoms with Crippen molar-refractivity contribution in [1.29, 1.82) is 5.41 Å². The van der Waals surface area contributed by atoms with E-state index in [1.807, 2.05) is 29.1 Å². The standard InChI is InChI=1S/C13H21N3/c1-4-5-8-15-10-16-9-12(11(2)3)6-7-13(16)14/h6-9,11,14H,4-5,10H2,1-3H3. The van der Waals surface area contributed by atoms with Crippen molar-refractivity contribution in [1.82, 2.24) is 4.57 Å². The highest BCUT2D eigenvalue weighted by molar-refractivity contribution is 5.56. The summed E-state index contributed by atoms with van der Waals surface area (Å²) >= 11 is 0. The van der Waals surface area contributed by atoms with Gasteiger partial charge in [0, 0.05) is 12.4 Å². The zero-order chi connectivity index (χ0) is 12.0. The highest BCUT2D eigenvalue weighted by Gasteiger charge is 1.99. The van der Waals surface area contributed by atoms with Gasteiger partial charge >= 0.3 is 0 Å². The molecule has 3 nitrogen and oxygen atoms in total. The molecule has 0 fully saturated rings. The Morgan fingerprint density at radius 1 is 1.44 bits per heavy atom. The minimum absolute atomic E-state index is 0.492. The number of hydrogen-bond donors (Lipinski definition) is 1. The van der Waals surface area contributed by atoms with Gasteiger partial charge in [0.05, 0.1) is 0 Å². The molecule has 0 radical (unpaired) electrons.